The van der Waals surface area contributed by atoms with Gasteiger partial charge in [0.25, 0.3) is 0 Å². The first-order valence-electron chi connectivity index (χ1n) is 12.0. The Bertz CT molecular complexity index is 1350. The number of likely N-dealkylation sites (tertiary alicyclic amines) is 1. The molecule has 0 bridgehead atoms. The number of rotatable bonds is 6. The van der Waals surface area contributed by atoms with Crippen LogP contribution in [0.15, 0.2) is 66.9 Å². The van der Waals surface area contributed by atoms with Crippen molar-refractivity contribution in [3.05, 3.63) is 95.2 Å². The zero-order valence-corrected chi connectivity index (χ0v) is 19.7. The predicted molar refractivity (Wildman–Crippen MR) is 133 cm³/mol. The number of ether oxygens (including phenoxy) is 1. The molecule has 0 amide bonds. The average Bonchev–Trinajstić information content (AvgIpc) is 3.23. The quantitative estimate of drug-likeness (QED) is 0.444. The molecule has 180 valence electrons. The molecule has 2 aliphatic rings. The summed E-state index contributed by atoms with van der Waals surface area (Å²) in [5, 5.41) is 11.7. The molecule has 2 aliphatic heterocycles. The fourth-order valence-corrected chi connectivity index (χ4v) is 6.05. The van der Waals surface area contributed by atoms with E-state index in [1.165, 1.54) is 17.0 Å². The molecule has 1 saturated heterocycles. The van der Waals surface area contributed by atoms with Gasteiger partial charge in [-0.15, -0.1) is 0 Å². The highest BCUT2D eigenvalue weighted by Crippen LogP contribution is 2.49. The summed E-state index contributed by atoms with van der Waals surface area (Å²) < 4.78 is 19.2. The van der Waals surface area contributed by atoms with Crippen LogP contribution in [0.3, 0.4) is 0 Å². The SMILES string of the molecule is COc1ccc2c3c([nH]c2c1)[C@H](CO)N(Cc1ccccn1)CC31CN(Cc2cccc(F)c2)C1. The van der Waals surface area contributed by atoms with E-state index in [4.69, 9.17) is 4.74 Å². The average molecular weight is 473 g/mol. The van der Waals surface area contributed by atoms with Crippen LogP contribution in [0.2, 0.25) is 0 Å². The lowest BCUT2D eigenvalue weighted by Crippen LogP contribution is -2.65. The van der Waals surface area contributed by atoms with Crippen molar-refractivity contribution in [3.8, 4) is 5.75 Å². The van der Waals surface area contributed by atoms with Gasteiger partial charge in [-0.2, -0.15) is 0 Å². The Morgan fingerprint density at radius 1 is 1.09 bits per heavy atom. The molecule has 35 heavy (non-hydrogen) atoms. The summed E-state index contributed by atoms with van der Waals surface area (Å²) >= 11 is 0. The topological polar surface area (TPSA) is 64.6 Å². The van der Waals surface area contributed by atoms with Gasteiger partial charge in [-0.3, -0.25) is 14.8 Å². The van der Waals surface area contributed by atoms with Crippen LogP contribution in [0.25, 0.3) is 10.9 Å². The minimum absolute atomic E-state index is 0.0207. The van der Waals surface area contributed by atoms with E-state index >= 15 is 0 Å². The highest BCUT2D eigenvalue weighted by atomic mass is 19.1. The monoisotopic (exact) mass is 472 g/mol. The van der Waals surface area contributed by atoms with Crippen LogP contribution in [0.5, 0.6) is 5.75 Å². The zero-order valence-electron chi connectivity index (χ0n) is 19.7. The number of hydrogen-bond acceptors (Lipinski definition) is 5. The van der Waals surface area contributed by atoms with Crippen molar-refractivity contribution in [2.24, 2.45) is 0 Å². The third-order valence-corrected chi connectivity index (χ3v) is 7.46. The van der Waals surface area contributed by atoms with Crippen LogP contribution >= 0.6 is 0 Å². The van der Waals surface area contributed by atoms with Gasteiger partial charge >= 0.3 is 0 Å². The van der Waals surface area contributed by atoms with E-state index < -0.39 is 0 Å². The molecular weight excluding hydrogens is 443 g/mol. The van der Waals surface area contributed by atoms with Crippen molar-refractivity contribution in [1.82, 2.24) is 19.8 Å². The maximum Gasteiger partial charge on any atom is 0.123 e. The minimum Gasteiger partial charge on any atom is -0.497 e. The Labute approximate surface area is 204 Å². The second-order valence-corrected chi connectivity index (χ2v) is 9.81. The predicted octanol–water partition coefficient (Wildman–Crippen LogP) is 4.01. The van der Waals surface area contributed by atoms with Gasteiger partial charge in [-0.1, -0.05) is 18.2 Å². The van der Waals surface area contributed by atoms with E-state index in [0.29, 0.717) is 13.1 Å². The number of halogens is 1. The molecule has 2 aromatic heterocycles. The first-order chi connectivity index (χ1) is 17.1. The number of pyridine rings is 1. The normalized spacial score (nSPS) is 19.6. The molecule has 4 aromatic rings. The first-order valence-corrected chi connectivity index (χ1v) is 12.0. The number of nitrogens with zero attached hydrogens (tertiary/aromatic N) is 3. The zero-order chi connectivity index (χ0) is 24.0. The van der Waals surface area contributed by atoms with Crippen LogP contribution < -0.4 is 4.74 Å². The second kappa shape index (κ2) is 8.75. The van der Waals surface area contributed by atoms with Crippen LogP contribution in [0.4, 0.5) is 4.39 Å². The van der Waals surface area contributed by atoms with Crippen molar-refractivity contribution >= 4 is 10.9 Å². The van der Waals surface area contributed by atoms with Gasteiger partial charge in [-0.05, 0) is 47.5 Å². The number of fused-ring (bicyclic) bond motifs is 4. The third kappa shape index (κ3) is 3.89. The Morgan fingerprint density at radius 3 is 2.71 bits per heavy atom. The number of nitrogens with one attached hydrogen (secondary N) is 1. The molecule has 2 N–H and O–H groups in total. The molecule has 6 rings (SSSR count). The van der Waals surface area contributed by atoms with E-state index in [0.717, 1.165) is 47.9 Å². The number of aromatic amines is 1. The maximum absolute atomic E-state index is 13.8. The molecule has 1 atom stereocenters. The molecule has 1 fully saturated rings. The Hall–Kier alpha value is -3.26. The van der Waals surface area contributed by atoms with Crippen molar-refractivity contribution in [2.45, 2.75) is 24.5 Å². The number of benzene rings is 2. The van der Waals surface area contributed by atoms with E-state index in [2.05, 4.69) is 25.8 Å². The van der Waals surface area contributed by atoms with Gasteiger partial charge < -0.3 is 14.8 Å². The maximum atomic E-state index is 13.8. The van der Waals surface area contributed by atoms with Crippen LogP contribution in [0.1, 0.15) is 28.6 Å². The minimum atomic E-state index is -0.199. The van der Waals surface area contributed by atoms with E-state index in [-0.39, 0.29) is 23.9 Å². The highest BCUT2D eigenvalue weighted by molar-refractivity contribution is 5.88. The lowest BCUT2D eigenvalue weighted by atomic mass is 9.68. The molecule has 2 aromatic carbocycles. The summed E-state index contributed by atoms with van der Waals surface area (Å²) in [5.41, 5.74) is 5.27. The molecule has 0 radical (unpaired) electrons. The van der Waals surface area contributed by atoms with Crippen LogP contribution in [-0.2, 0) is 18.5 Å². The molecule has 1 spiro atoms. The van der Waals surface area contributed by atoms with Gasteiger partial charge in [0.05, 0.1) is 25.5 Å². The number of aromatic nitrogens is 2. The summed E-state index contributed by atoms with van der Waals surface area (Å²) in [6.45, 7) is 3.95. The van der Waals surface area contributed by atoms with Gasteiger partial charge in [0.15, 0.2) is 0 Å². The molecule has 0 aliphatic carbocycles. The summed E-state index contributed by atoms with van der Waals surface area (Å²) in [5.74, 6) is 0.605. The Morgan fingerprint density at radius 2 is 1.97 bits per heavy atom. The highest BCUT2D eigenvalue weighted by Gasteiger charge is 2.52. The van der Waals surface area contributed by atoms with Crippen LogP contribution in [0, 0.1) is 5.82 Å². The number of hydrogen-bond donors (Lipinski definition) is 2. The standard InChI is InChI=1S/C28H29FN4O2/c1-35-22-8-9-23-24(12-22)31-27-25(15-34)33(14-21-7-2-3-10-30-21)18-28(26(23)27)16-32(17-28)13-19-5-4-6-20(29)11-19/h2-12,25,31,34H,13-18H2,1H3/t25-/m0/s1. The first kappa shape index (κ1) is 22.2. The van der Waals surface area contributed by atoms with Crippen molar-refractivity contribution in [3.63, 3.8) is 0 Å². The van der Waals surface area contributed by atoms with Crippen molar-refractivity contribution in [2.75, 3.05) is 33.4 Å². The Balaban J connectivity index is 1.38. The van der Waals surface area contributed by atoms with Crippen molar-refractivity contribution < 1.29 is 14.2 Å². The largest absolute Gasteiger partial charge is 0.497 e. The van der Waals surface area contributed by atoms with Gasteiger partial charge in [0.1, 0.15) is 11.6 Å². The molecule has 7 heteroatoms. The summed E-state index contributed by atoms with van der Waals surface area (Å²) in [4.78, 5) is 12.9. The summed E-state index contributed by atoms with van der Waals surface area (Å²) in [7, 11) is 1.67. The smallest absolute Gasteiger partial charge is 0.123 e. The molecular formula is C28H29FN4O2. The molecule has 4 heterocycles. The fourth-order valence-electron chi connectivity index (χ4n) is 6.05. The molecule has 6 nitrogen and oxygen atoms in total. The van der Waals surface area contributed by atoms with E-state index in [1.807, 2.05) is 42.6 Å². The van der Waals surface area contributed by atoms with E-state index in [1.54, 1.807) is 19.2 Å². The molecule has 0 unspecified atom stereocenters. The van der Waals surface area contributed by atoms with Crippen molar-refractivity contribution in [1.29, 1.82) is 0 Å². The fraction of sp³-hybridized carbons (Fsp3) is 0.321. The number of H-pyrrole nitrogens is 1. The van der Waals surface area contributed by atoms with Gasteiger partial charge in [0, 0.05) is 67.0 Å². The number of aliphatic hydroxyl groups is 1. The summed E-state index contributed by atoms with van der Waals surface area (Å²) in [6.07, 6.45) is 1.81. The second-order valence-electron chi connectivity index (χ2n) is 9.81. The van der Waals surface area contributed by atoms with E-state index in [9.17, 15) is 9.50 Å². The lowest BCUT2D eigenvalue weighted by molar-refractivity contribution is -0.0123. The van der Waals surface area contributed by atoms with Gasteiger partial charge in [-0.25, -0.2) is 4.39 Å². The Kier molecular flexibility index (Phi) is 5.56. The lowest BCUT2D eigenvalue weighted by Gasteiger charge is -2.56. The number of methoxy groups -OCH3 is 1. The summed E-state index contributed by atoms with van der Waals surface area (Å²) in [6, 6.07) is 18.8. The van der Waals surface area contributed by atoms with Crippen LogP contribution in [-0.4, -0.2) is 58.2 Å². The van der Waals surface area contributed by atoms with Gasteiger partial charge in [0.2, 0.25) is 0 Å². The number of aliphatic hydroxyl groups excluding tert-OH is 1. The third-order valence-electron chi connectivity index (χ3n) is 7.46. The molecule has 0 saturated carbocycles.